The number of hydrogen-bond donors (Lipinski definition) is 1. The summed E-state index contributed by atoms with van der Waals surface area (Å²) in [6, 6.07) is 0.294. The van der Waals surface area contributed by atoms with E-state index in [1.165, 1.54) is 0 Å². The van der Waals surface area contributed by atoms with Gasteiger partial charge >= 0.3 is 0 Å². The van der Waals surface area contributed by atoms with Crippen molar-refractivity contribution in [1.82, 2.24) is 4.90 Å². The molecule has 0 spiro atoms. The first-order chi connectivity index (χ1) is 5.55. The summed E-state index contributed by atoms with van der Waals surface area (Å²) in [6.07, 6.45) is 2.06. The van der Waals surface area contributed by atoms with Crippen molar-refractivity contribution in [3.63, 3.8) is 0 Å². The van der Waals surface area contributed by atoms with Gasteiger partial charge in [-0.15, -0.1) is 0 Å². The Balaban J connectivity index is 2.39. The average Bonchev–Trinajstić information content (AvgIpc) is 2.36. The average molecular weight is 178 g/mol. The fraction of sp³-hybridized carbons (Fsp3) is 1.00. The van der Waals surface area contributed by atoms with E-state index in [0.29, 0.717) is 6.04 Å². The van der Waals surface area contributed by atoms with Crippen LogP contribution in [0.25, 0.3) is 0 Å². The van der Waals surface area contributed by atoms with Gasteiger partial charge in [0.2, 0.25) is 0 Å². The molecule has 0 aliphatic carbocycles. The van der Waals surface area contributed by atoms with E-state index in [1.54, 1.807) is 0 Å². The van der Waals surface area contributed by atoms with Gasteiger partial charge < -0.3 is 5.73 Å². The molecule has 0 aromatic rings. The van der Waals surface area contributed by atoms with Crippen LogP contribution in [-0.4, -0.2) is 36.5 Å². The Morgan fingerprint density at radius 3 is 2.67 bits per heavy atom. The molecule has 1 atom stereocenters. The Morgan fingerprint density at radius 1 is 1.58 bits per heavy atom. The van der Waals surface area contributed by atoms with Crippen molar-refractivity contribution in [3.05, 3.63) is 0 Å². The predicted molar refractivity (Wildman–Crippen MR) is 44.3 cm³/mol. The molecule has 12 heavy (non-hydrogen) atoms. The number of nitrogens with zero attached hydrogens (tertiary/aromatic N) is 1. The quantitative estimate of drug-likeness (QED) is 0.700. The molecule has 1 rings (SSSR count). The molecule has 2 N–H and O–H groups in total. The van der Waals surface area contributed by atoms with Crippen molar-refractivity contribution in [2.45, 2.75) is 31.7 Å². The molecule has 1 saturated heterocycles. The third kappa shape index (κ3) is 2.38. The SMILES string of the molecule is CC1CCCN1CC(F)(F)CN. The van der Waals surface area contributed by atoms with Gasteiger partial charge in [0, 0.05) is 6.04 Å². The summed E-state index contributed by atoms with van der Waals surface area (Å²) in [5.41, 5.74) is 4.95. The summed E-state index contributed by atoms with van der Waals surface area (Å²) < 4.78 is 25.6. The van der Waals surface area contributed by atoms with E-state index in [1.807, 2.05) is 11.8 Å². The molecular weight excluding hydrogens is 162 g/mol. The van der Waals surface area contributed by atoms with Crippen LogP contribution >= 0.6 is 0 Å². The summed E-state index contributed by atoms with van der Waals surface area (Å²) in [5, 5.41) is 0. The molecule has 1 heterocycles. The maximum Gasteiger partial charge on any atom is 0.272 e. The summed E-state index contributed by atoms with van der Waals surface area (Å²) in [4.78, 5) is 1.81. The first-order valence-electron chi connectivity index (χ1n) is 4.37. The number of rotatable bonds is 3. The molecule has 0 aromatic heterocycles. The lowest BCUT2D eigenvalue weighted by atomic mass is 10.2. The molecule has 0 amide bonds. The van der Waals surface area contributed by atoms with E-state index < -0.39 is 12.5 Å². The zero-order chi connectivity index (χ0) is 9.19. The van der Waals surface area contributed by atoms with E-state index in [0.717, 1.165) is 19.4 Å². The van der Waals surface area contributed by atoms with Gasteiger partial charge in [0.25, 0.3) is 5.92 Å². The van der Waals surface area contributed by atoms with E-state index >= 15 is 0 Å². The normalized spacial score (nSPS) is 26.5. The molecule has 1 aliphatic rings. The van der Waals surface area contributed by atoms with E-state index in [9.17, 15) is 8.78 Å². The van der Waals surface area contributed by atoms with Gasteiger partial charge in [0.15, 0.2) is 0 Å². The van der Waals surface area contributed by atoms with Gasteiger partial charge in [-0.2, -0.15) is 0 Å². The maximum atomic E-state index is 12.8. The summed E-state index contributed by atoms with van der Waals surface area (Å²) in [5.74, 6) is -2.71. The molecule has 0 radical (unpaired) electrons. The van der Waals surface area contributed by atoms with Crippen molar-refractivity contribution in [1.29, 1.82) is 0 Å². The van der Waals surface area contributed by atoms with Gasteiger partial charge in [-0.1, -0.05) is 0 Å². The molecule has 1 aliphatic heterocycles. The molecule has 1 fully saturated rings. The van der Waals surface area contributed by atoms with Crippen LogP contribution in [0.2, 0.25) is 0 Å². The van der Waals surface area contributed by atoms with Crippen LogP contribution in [0.5, 0.6) is 0 Å². The lowest BCUT2D eigenvalue weighted by molar-refractivity contribution is -0.0251. The predicted octanol–water partition coefficient (Wildman–Crippen LogP) is 1.06. The lowest BCUT2D eigenvalue weighted by Gasteiger charge is -2.25. The third-order valence-electron chi connectivity index (χ3n) is 2.42. The lowest BCUT2D eigenvalue weighted by Crippen LogP contribution is -2.43. The van der Waals surface area contributed by atoms with Crippen LogP contribution in [-0.2, 0) is 0 Å². The van der Waals surface area contributed by atoms with Crippen LogP contribution in [0.1, 0.15) is 19.8 Å². The second-order valence-corrected chi connectivity index (χ2v) is 3.52. The standard InChI is InChI=1S/C8H16F2N2/c1-7-3-2-4-12(7)6-8(9,10)5-11/h7H,2-6,11H2,1H3. The van der Waals surface area contributed by atoms with Crippen molar-refractivity contribution in [3.8, 4) is 0 Å². The Morgan fingerprint density at radius 2 is 2.25 bits per heavy atom. The van der Waals surface area contributed by atoms with Crippen molar-refractivity contribution in [2.75, 3.05) is 19.6 Å². The van der Waals surface area contributed by atoms with Crippen LogP contribution in [0.15, 0.2) is 0 Å². The molecule has 0 bridgehead atoms. The monoisotopic (exact) mass is 178 g/mol. The second kappa shape index (κ2) is 3.66. The summed E-state index contributed by atoms with van der Waals surface area (Å²) >= 11 is 0. The molecular formula is C8H16F2N2. The Labute approximate surface area is 71.7 Å². The van der Waals surface area contributed by atoms with Gasteiger partial charge in [-0.25, -0.2) is 8.78 Å². The van der Waals surface area contributed by atoms with Gasteiger partial charge in [0.05, 0.1) is 13.1 Å². The van der Waals surface area contributed by atoms with Gasteiger partial charge in [0.1, 0.15) is 0 Å². The Kier molecular flexibility index (Phi) is 3.01. The maximum absolute atomic E-state index is 12.8. The minimum absolute atomic E-state index is 0.176. The van der Waals surface area contributed by atoms with Crippen LogP contribution < -0.4 is 5.73 Å². The second-order valence-electron chi connectivity index (χ2n) is 3.52. The zero-order valence-electron chi connectivity index (χ0n) is 7.39. The number of likely N-dealkylation sites (tertiary alicyclic amines) is 1. The summed E-state index contributed by atoms with van der Waals surface area (Å²) in [7, 11) is 0. The highest BCUT2D eigenvalue weighted by molar-refractivity contribution is 4.81. The highest BCUT2D eigenvalue weighted by atomic mass is 19.3. The number of hydrogen-bond acceptors (Lipinski definition) is 2. The Bertz CT molecular complexity index is 150. The number of alkyl halides is 2. The summed E-state index contributed by atoms with van der Waals surface area (Å²) in [6.45, 7) is 2.05. The number of halogens is 2. The molecule has 1 unspecified atom stereocenters. The smallest absolute Gasteiger partial charge is 0.272 e. The van der Waals surface area contributed by atoms with Crippen LogP contribution in [0.3, 0.4) is 0 Å². The van der Waals surface area contributed by atoms with Crippen LogP contribution in [0.4, 0.5) is 8.78 Å². The highest BCUT2D eigenvalue weighted by Crippen LogP contribution is 2.21. The van der Waals surface area contributed by atoms with Crippen LogP contribution in [0, 0.1) is 0 Å². The van der Waals surface area contributed by atoms with E-state index in [-0.39, 0.29) is 6.54 Å². The fourth-order valence-electron chi connectivity index (χ4n) is 1.59. The fourth-order valence-corrected chi connectivity index (χ4v) is 1.59. The van der Waals surface area contributed by atoms with Crippen molar-refractivity contribution >= 4 is 0 Å². The third-order valence-corrected chi connectivity index (χ3v) is 2.42. The first-order valence-corrected chi connectivity index (χ1v) is 4.37. The van der Waals surface area contributed by atoms with Crippen molar-refractivity contribution in [2.24, 2.45) is 5.73 Å². The highest BCUT2D eigenvalue weighted by Gasteiger charge is 2.33. The minimum Gasteiger partial charge on any atom is -0.325 e. The van der Waals surface area contributed by atoms with Gasteiger partial charge in [-0.3, -0.25) is 4.90 Å². The minimum atomic E-state index is -2.71. The molecule has 0 aromatic carbocycles. The Hall–Kier alpha value is -0.220. The first kappa shape index (κ1) is 9.86. The molecule has 4 heteroatoms. The van der Waals surface area contributed by atoms with Gasteiger partial charge in [-0.05, 0) is 26.3 Å². The molecule has 72 valence electrons. The number of nitrogens with two attached hydrogens (primary N) is 1. The largest absolute Gasteiger partial charge is 0.325 e. The van der Waals surface area contributed by atoms with Crippen molar-refractivity contribution < 1.29 is 8.78 Å². The molecule has 0 saturated carbocycles. The zero-order valence-corrected chi connectivity index (χ0v) is 7.39. The molecule has 2 nitrogen and oxygen atoms in total. The topological polar surface area (TPSA) is 29.3 Å². The van der Waals surface area contributed by atoms with E-state index in [2.05, 4.69) is 0 Å². The van der Waals surface area contributed by atoms with E-state index in [4.69, 9.17) is 5.73 Å².